The van der Waals surface area contributed by atoms with Crippen LogP contribution < -0.4 is 5.32 Å². The van der Waals surface area contributed by atoms with Crippen molar-refractivity contribution in [3.63, 3.8) is 0 Å². The monoisotopic (exact) mass is 275 g/mol. The van der Waals surface area contributed by atoms with Gasteiger partial charge in [-0.3, -0.25) is 4.79 Å². The van der Waals surface area contributed by atoms with E-state index in [4.69, 9.17) is 0 Å². The van der Waals surface area contributed by atoms with E-state index in [0.717, 1.165) is 37.4 Å². The summed E-state index contributed by atoms with van der Waals surface area (Å²) in [7, 11) is 0. The van der Waals surface area contributed by atoms with Gasteiger partial charge in [0.05, 0.1) is 0 Å². The Labute approximate surface area is 123 Å². The minimum atomic E-state index is 0.108. The van der Waals surface area contributed by atoms with Crippen molar-refractivity contribution in [2.24, 2.45) is 0 Å². The molecule has 1 aromatic rings. The Morgan fingerprint density at radius 2 is 1.80 bits per heavy atom. The third-order valence-electron chi connectivity index (χ3n) is 3.46. The number of carbonyl (C=O) groups is 1. The molecule has 0 unspecified atom stereocenters. The van der Waals surface area contributed by atoms with Crippen LogP contribution in [0, 0.1) is 6.42 Å². The number of Topliss-reactive ketones (excluding diaryl/α,β-unsaturated/α-hetero) is 1. The Bertz CT molecular complexity index is 382. The minimum Gasteiger partial charge on any atom is -0.385 e. The summed E-state index contributed by atoms with van der Waals surface area (Å²) >= 11 is 0. The summed E-state index contributed by atoms with van der Waals surface area (Å²) in [6.45, 7) is 10.0. The predicted molar refractivity (Wildman–Crippen MR) is 86.3 cm³/mol. The highest BCUT2D eigenvalue weighted by Crippen LogP contribution is 2.11. The molecule has 0 aliphatic rings. The van der Waals surface area contributed by atoms with E-state index < -0.39 is 0 Å². The number of hydrogen-bond acceptors (Lipinski definition) is 3. The average molecular weight is 275 g/mol. The van der Waals surface area contributed by atoms with Gasteiger partial charge in [-0.05, 0) is 43.8 Å². The molecule has 0 heterocycles. The molecule has 111 valence electrons. The SMILES string of the molecule is CCCCNc1ccc(C(=O)[CH]CN(CC)CC)cc1. The van der Waals surface area contributed by atoms with Crippen molar-refractivity contribution in [1.29, 1.82) is 0 Å². The highest BCUT2D eigenvalue weighted by Gasteiger charge is 2.08. The largest absolute Gasteiger partial charge is 0.385 e. The summed E-state index contributed by atoms with van der Waals surface area (Å²) in [6, 6.07) is 7.76. The number of unbranched alkanes of at least 4 members (excludes halogenated alkanes) is 1. The molecule has 0 aliphatic carbocycles. The molecule has 0 saturated heterocycles. The second-order valence-electron chi connectivity index (χ2n) is 4.91. The van der Waals surface area contributed by atoms with Crippen LogP contribution in [0.3, 0.4) is 0 Å². The lowest BCUT2D eigenvalue weighted by atomic mass is 10.1. The van der Waals surface area contributed by atoms with Crippen molar-refractivity contribution in [3.05, 3.63) is 36.2 Å². The number of rotatable bonds is 10. The molecule has 1 N–H and O–H groups in total. The van der Waals surface area contributed by atoms with Crippen LogP contribution >= 0.6 is 0 Å². The maximum absolute atomic E-state index is 12.1. The zero-order valence-electron chi connectivity index (χ0n) is 13.0. The molecule has 1 aromatic carbocycles. The van der Waals surface area contributed by atoms with Crippen molar-refractivity contribution in [1.82, 2.24) is 4.90 Å². The highest BCUT2D eigenvalue weighted by molar-refractivity contribution is 6.02. The van der Waals surface area contributed by atoms with E-state index in [1.54, 1.807) is 6.42 Å². The van der Waals surface area contributed by atoms with Crippen LogP contribution in [-0.4, -0.2) is 36.9 Å². The molecular formula is C17H27N2O. The van der Waals surface area contributed by atoms with Gasteiger partial charge < -0.3 is 10.2 Å². The van der Waals surface area contributed by atoms with Crippen LogP contribution in [-0.2, 0) is 0 Å². The van der Waals surface area contributed by atoms with E-state index in [1.807, 2.05) is 24.3 Å². The van der Waals surface area contributed by atoms with Crippen LogP contribution in [0.1, 0.15) is 44.0 Å². The number of ketones is 1. The van der Waals surface area contributed by atoms with Crippen LogP contribution in [0.15, 0.2) is 24.3 Å². The zero-order chi connectivity index (χ0) is 14.8. The molecule has 1 rings (SSSR count). The Kier molecular flexibility index (Phi) is 7.97. The molecule has 3 heteroatoms. The van der Waals surface area contributed by atoms with E-state index in [-0.39, 0.29) is 5.78 Å². The van der Waals surface area contributed by atoms with E-state index in [1.165, 1.54) is 12.8 Å². The summed E-state index contributed by atoms with van der Waals surface area (Å²) < 4.78 is 0. The van der Waals surface area contributed by atoms with Crippen LogP contribution in [0.5, 0.6) is 0 Å². The second-order valence-corrected chi connectivity index (χ2v) is 4.91. The lowest BCUT2D eigenvalue weighted by Gasteiger charge is -2.16. The molecule has 20 heavy (non-hydrogen) atoms. The standard InChI is InChI=1S/C17H27N2O/c1-4-7-13-18-16-10-8-15(9-11-16)17(20)12-14-19(5-2)6-3/h8-12,18H,4-7,13-14H2,1-3H3. The van der Waals surface area contributed by atoms with Gasteiger partial charge in [-0.1, -0.05) is 27.2 Å². The number of anilines is 1. The van der Waals surface area contributed by atoms with Gasteiger partial charge in [0.25, 0.3) is 0 Å². The lowest BCUT2D eigenvalue weighted by molar-refractivity contribution is 0.102. The Balaban J connectivity index is 2.44. The molecule has 0 aliphatic heterocycles. The van der Waals surface area contributed by atoms with Gasteiger partial charge in [0.15, 0.2) is 5.78 Å². The average Bonchev–Trinajstić information content (AvgIpc) is 2.49. The summed E-state index contributed by atoms with van der Waals surface area (Å²) in [4.78, 5) is 14.3. The minimum absolute atomic E-state index is 0.108. The van der Waals surface area contributed by atoms with E-state index in [9.17, 15) is 4.79 Å². The number of benzene rings is 1. The van der Waals surface area contributed by atoms with Gasteiger partial charge in [0.2, 0.25) is 0 Å². The molecule has 0 bridgehead atoms. The van der Waals surface area contributed by atoms with Gasteiger partial charge in [-0.15, -0.1) is 0 Å². The normalized spacial score (nSPS) is 10.8. The first-order valence-corrected chi connectivity index (χ1v) is 7.65. The highest BCUT2D eigenvalue weighted by atomic mass is 16.1. The Morgan fingerprint density at radius 1 is 1.15 bits per heavy atom. The number of nitrogens with one attached hydrogen (secondary N) is 1. The molecular weight excluding hydrogens is 248 g/mol. The summed E-state index contributed by atoms with van der Waals surface area (Å²) in [5.41, 5.74) is 1.84. The van der Waals surface area contributed by atoms with Crippen molar-refractivity contribution in [2.75, 3.05) is 31.5 Å². The molecule has 3 nitrogen and oxygen atoms in total. The van der Waals surface area contributed by atoms with Crippen molar-refractivity contribution >= 4 is 11.5 Å². The molecule has 0 spiro atoms. The van der Waals surface area contributed by atoms with Gasteiger partial charge in [0.1, 0.15) is 0 Å². The number of nitrogens with zero attached hydrogens (tertiary/aromatic N) is 1. The van der Waals surface area contributed by atoms with Gasteiger partial charge in [-0.25, -0.2) is 0 Å². The number of hydrogen-bond donors (Lipinski definition) is 1. The van der Waals surface area contributed by atoms with Crippen LogP contribution in [0.4, 0.5) is 5.69 Å². The molecule has 0 saturated carbocycles. The van der Waals surface area contributed by atoms with Gasteiger partial charge >= 0.3 is 0 Å². The summed E-state index contributed by atoms with van der Waals surface area (Å²) in [5, 5.41) is 3.35. The lowest BCUT2D eigenvalue weighted by Crippen LogP contribution is -2.26. The Hall–Kier alpha value is -1.35. The molecule has 0 amide bonds. The topological polar surface area (TPSA) is 32.3 Å². The van der Waals surface area contributed by atoms with Crippen LogP contribution in [0.2, 0.25) is 0 Å². The molecule has 0 aromatic heterocycles. The predicted octanol–water partition coefficient (Wildman–Crippen LogP) is 3.63. The first-order chi connectivity index (χ1) is 9.71. The first kappa shape index (κ1) is 16.7. The number of carbonyl (C=O) groups excluding carboxylic acids is 1. The van der Waals surface area contributed by atoms with Crippen molar-refractivity contribution in [3.8, 4) is 0 Å². The molecule has 0 fully saturated rings. The van der Waals surface area contributed by atoms with Gasteiger partial charge in [-0.2, -0.15) is 0 Å². The third-order valence-corrected chi connectivity index (χ3v) is 3.46. The van der Waals surface area contributed by atoms with Crippen molar-refractivity contribution in [2.45, 2.75) is 33.6 Å². The summed E-state index contributed by atoms with van der Waals surface area (Å²) in [5.74, 6) is 0.108. The zero-order valence-corrected chi connectivity index (χ0v) is 13.0. The van der Waals surface area contributed by atoms with E-state index in [0.29, 0.717) is 0 Å². The van der Waals surface area contributed by atoms with Gasteiger partial charge in [0, 0.05) is 30.8 Å². The maximum atomic E-state index is 12.1. The third kappa shape index (κ3) is 5.74. The quantitative estimate of drug-likeness (QED) is 0.523. The fourth-order valence-electron chi connectivity index (χ4n) is 1.97. The fourth-order valence-corrected chi connectivity index (χ4v) is 1.97. The first-order valence-electron chi connectivity index (χ1n) is 7.65. The van der Waals surface area contributed by atoms with Crippen molar-refractivity contribution < 1.29 is 4.79 Å². The smallest absolute Gasteiger partial charge is 0.168 e. The molecule has 1 radical (unpaired) electrons. The molecule has 0 atom stereocenters. The summed E-state index contributed by atoms with van der Waals surface area (Å²) in [6.07, 6.45) is 4.12. The van der Waals surface area contributed by atoms with E-state index in [2.05, 4.69) is 31.0 Å². The van der Waals surface area contributed by atoms with Crippen LogP contribution in [0.25, 0.3) is 0 Å². The van der Waals surface area contributed by atoms with E-state index >= 15 is 0 Å². The Morgan fingerprint density at radius 3 is 2.35 bits per heavy atom. The second kappa shape index (κ2) is 9.54. The maximum Gasteiger partial charge on any atom is 0.168 e. The fraction of sp³-hybridized carbons (Fsp3) is 0.529.